The van der Waals surface area contributed by atoms with Crippen LogP contribution in [0.5, 0.6) is 0 Å². The van der Waals surface area contributed by atoms with Gasteiger partial charge < -0.3 is 4.90 Å². The van der Waals surface area contributed by atoms with Gasteiger partial charge in [-0.25, -0.2) is 0 Å². The second-order valence-electron chi connectivity index (χ2n) is 5.77. The van der Waals surface area contributed by atoms with E-state index < -0.39 is 0 Å². The molecule has 1 heterocycles. The van der Waals surface area contributed by atoms with E-state index in [-0.39, 0.29) is 5.91 Å². The molecule has 0 saturated carbocycles. The first-order valence-corrected chi connectivity index (χ1v) is 9.01. The number of aryl methyl sites for hydroxylation is 1. The molecule has 0 atom stereocenters. The topological polar surface area (TPSA) is 33.2 Å². The van der Waals surface area contributed by atoms with Crippen molar-refractivity contribution in [2.24, 2.45) is 0 Å². The number of anilines is 1. The number of carbonyl (C=O) groups is 1. The first kappa shape index (κ1) is 18.7. The van der Waals surface area contributed by atoms with Crippen LogP contribution in [0.1, 0.15) is 21.5 Å². The van der Waals surface area contributed by atoms with Gasteiger partial charge in [0.15, 0.2) is 0 Å². The van der Waals surface area contributed by atoms with E-state index in [9.17, 15) is 4.79 Å². The van der Waals surface area contributed by atoms with Gasteiger partial charge in [0.25, 0.3) is 5.91 Å². The molecule has 3 rings (SSSR count). The Kier molecular flexibility index (Phi) is 5.82. The Morgan fingerprint density at radius 3 is 2.46 bits per heavy atom. The zero-order valence-electron chi connectivity index (χ0n) is 13.9. The van der Waals surface area contributed by atoms with Crippen molar-refractivity contribution in [2.75, 3.05) is 4.90 Å². The van der Waals surface area contributed by atoms with Crippen LogP contribution in [0.15, 0.2) is 60.9 Å². The van der Waals surface area contributed by atoms with E-state index in [2.05, 4.69) is 4.98 Å². The van der Waals surface area contributed by atoms with E-state index in [4.69, 9.17) is 34.8 Å². The highest BCUT2D eigenvalue weighted by Crippen LogP contribution is 2.30. The molecule has 1 amide bonds. The van der Waals surface area contributed by atoms with Crippen LogP contribution in [0.4, 0.5) is 5.69 Å². The van der Waals surface area contributed by atoms with Gasteiger partial charge in [-0.05, 0) is 48.4 Å². The molecule has 1 aromatic heterocycles. The molecule has 132 valence electrons. The smallest absolute Gasteiger partial charge is 0.258 e. The number of aromatic nitrogens is 1. The Bertz CT molecular complexity index is 959. The Morgan fingerprint density at radius 1 is 1.00 bits per heavy atom. The summed E-state index contributed by atoms with van der Waals surface area (Å²) in [5.41, 5.74) is 2.83. The molecule has 0 spiro atoms. The molecule has 0 unspecified atom stereocenters. The van der Waals surface area contributed by atoms with E-state index in [1.54, 1.807) is 47.6 Å². The van der Waals surface area contributed by atoms with Gasteiger partial charge in [0.2, 0.25) is 0 Å². The summed E-state index contributed by atoms with van der Waals surface area (Å²) in [6.07, 6.45) is 3.26. The Morgan fingerprint density at radius 2 is 1.77 bits per heavy atom. The first-order valence-electron chi connectivity index (χ1n) is 7.88. The molecule has 0 aliphatic rings. The largest absolute Gasteiger partial charge is 0.304 e. The van der Waals surface area contributed by atoms with Crippen molar-refractivity contribution in [1.29, 1.82) is 0 Å². The van der Waals surface area contributed by atoms with Crippen LogP contribution < -0.4 is 4.90 Å². The molecule has 0 radical (unpaired) electrons. The summed E-state index contributed by atoms with van der Waals surface area (Å²) < 4.78 is 0. The minimum Gasteiger partial charge on any atom is -0.304 e. The number of amides is 1. The van der Waals surface area contributed by atoms with Crippen LogP contribution in [0.3, 0.4) is 0 Å². The fourth-order valence-electron chi connectivity index (χ4n) is 2.59. The summed E-state index contributed by atoms with van der Waals surface area (Å²) in [5.74, 6) is -0.164. The minimum atomic E-state index is -0.164. The Labute approximate surface area is 167 Å². The number of pyridine rings is 1. The average Bonchev–Trinajstić information content (AvgIpc) is 2.63. The third-order valence-electron chi connectivity index (χ3n) is 4.00. The first-order chi connectivity index (χ1) is 12.5. The number of rotatable bonds is 4. The maximum atomic E-state index is 13.3. The lowest BCUT2D eigenvalue weighted by Gasteiger charge is -2.24. The molecule has 0 N–H and O–H groups in total. The van der Waals surface area contributed by atoms with Gasteiger partial charge in [0, 0.05) is 28.7 Å². The molecule has 26 heavy (non-hydrogen) atoms. The average molecular weight is 406 g/mol. The number of benzene rings is 2. The molecule has 3 nitrogen and oxygen atoms in total. The van der Waals surface area contributed by atoms with Gasteiger partial charge in [0.1, 0.15) is 0 Å². The van der Waals surface area contributed by atoms with Crippen LogP contribution in [0, 0.1) is 6.92 Å². The zero-order chi connectivity index (χ0) is 18.7. The maximum absolute atomic E-state index is 13.3. The highest BCUT2D eigenvalue weighted by molar-refractivity contribution is 6.42. The van der Waals surface area contributed by atoms with Crippen LogP contribution in [-0.4, -0.2) is 10.9 Å². The lowest BCUT2D eigenvalue weighted by atomic mass is 10.1. The van der Waals surface area contributed by atoms with Crippen molar-refractivity contribution in [3.63, 3.8) is 0 Å². The maximum Gasteiger partial charge on any atom is 0.258 e. The predicted octanol–water partition coefficient (Wildman–Crippen LogP) is 6.20. The molecule has 0 aliphatic carbocycles. The van der Waals surface area contributed by atoms with E-state index in [1.165, 1.54) is 0 Å². The van der Waals surface area contributed by atoms with Crippen molar-refractivity contribution in [1.82, 2.24) is 4.98 Å². The van der Waals surface area contributed by atoms with Crippen molar-refractivity contribution >= 4 is 46.4 Å². The summed E-state index contributed by atoms with van der Waals surface area (Å²) >= 11 is 18.5. The standard InChI is InChI=1S/C20H15Cl3N2O/c1-13-11-24-9-8-16(13)20(26)25(12-14-4-2-3-5-17(14)21)15-6-7-18(22)19(23)10-15/h2-11H,12H2,1H3. The van der Waals surface area contributed by atoms with Crippen LogP contribution in [0.25, 0.3) is 0 Å². The molecule has 2 aromatic carbocycles. The predicted molar refractivity (Wildman–Crippen MR) is 107 cm³/mol. The molecular formula is C20H15Cl3N2O. The van der Waals surface area contributed by atoms with Gasteiger partial charge in [-0.3, -0.25) is 9.78 Å². The fourth-order valence-corrected chi connectivity index (χ4v) is 3.08. The third kappa shape index (κ3) is 4.01. The van der Waals surface area contributed by atoms with Crippen LogP contribution in [0.2, 0.25) is 15.1 Å². The van der Waals surface area contributed by atoms with Gasteiger partial charge in [-0.1, -0.05) is 53.0 Å². The summed E-state index contributed by atoms with van der Waals surface area (Å²) in [6.45, 7) is 2.15. The van der Waals surface area contributed by atoms with E-state index >= 15 is 0 Å². The van der Waals surface area contributed by atoms with E-state index in [0.29, 0.717) is 32.9 Å². The summed E-state index contributed by atoms with van der Waals surface area (Å²) in [5, 5.41) is 1.41. The van der Waals surface area contributed by atoms with Gasteiger partial charge in [0.05, 0.1) is 16.6 Å². The lowest BCUT2D eigenvalue weighted by Crippen LogP contribution is -2.31. The highest BCUT2D eigenvalue weighted by atomic mass is 35.5. The van der Waals surface area contributed by atoms with Crippen LogP contribution in [-0.2, 0) is 6.54 Å². The number of hydrogen-bond acceptors (Lipinski definition) is 2. The van der Waals surface area contributed by atoms with Gasteiger partial charge in [-0.2, -0.15) is 0 Å². The molecule has 0 saturated heterocycles. The zero-order valence-corrected chi connectivity index (χ0v) is 16.2. The quantitative estimate of drug-likeness (QED) is 0.518. The third-order valence-corrected chi connectivity index (χ3v) is 5.10. The molecule has 6 heteroatoms. The summed E-state index contributed by atoms with van der Waals surface area (Å²) in [4.78, 5) is 18.9. The van der Waals surface area contributed by atoms with Gasteiger partial charge in [-0.15, -0.1) is 0 Å². The number of nitrogens with zero attached hydrogens (tertiary/aromatic N) is 2. The fraction of sp³-hybridized carbons (Fsp3) is 0.100. The van der Waals surface area contributed by atoms with Crippen LogP contribution >= 0.6 is 34.8 Å². The summed E-state index contributed by atoms with van der Waals surface area (Å²) in [7, 11) is 0. The van der Waals surface area contributed by atoms with E-state index in [0.717, 1.165) is 11.1 Å². The number of hydrogen-bond donors (Lipinski definition) is 0. The Balaban J connectivity index is 2.06. The Hall–Kier alpha value is -2.07. The lowest BCUT2D eigenvalue weighted by molar-refractivity contribution is 0.0984. The SMILES string of the molecule is Cc1cnccc1C(=O)N(Cc1ccccc1Cl)c1ccc(Cl)c(Cl)c1. The molecular weight excluding hydrogens is 391 g/mol. The van der Waals surface area contributed by atoms with Crippen molar-refractivity contribution in [3.8, 4) is 0 Å². The molecule has 3 aromatic rings. The second-order valence-corrected chi connectivity index (χ2v) is 6.99. The molecule has 0 fully saturated rings. The molecule has 0 bridgehead atoms. The monoisotopic (exact) mass is 404 g/mol. The summed E-state index contributed by atoms with van der Waals surface area (Å²) in [6, 6.07) is 14.2. The molecule has 0 aliphatic heterocycles. The highest BCUT2D eigenvalue weighted by Gasteiger charge is 2.21. The van der Waals surface area contributed by atoms with E-state index in [1.807, 2.05) is 25.1 Å². The minimum absolute atomic E-state index is 0.164. The van der Waals surface area contributed by atoms with Crippen molar-refractivity contribution in [3.05, 3.63) is 92.7 Å². The normalized spacial score (nSPS) is 10.6. The second kappa shape index (κ2) is 8.09. The number of carbonyl (C=O) groups excluding carboxylic acids is 1. The van der Waals surface area contributed by atoms with Crippen molar-refractivity contribution in [2.45, 2.75) is 13.5 Å². The van der Waals surface area contributed by atoms with Gasteiger partial charge >= 0.3 is 0 Å². The number of halogens is 3. The van der Waals surface area contributed by atoms with Crippen molar-refractivity contribution < 1.29 is 4.79 Å².